The summed E-state index contributed by atoms with van der Waals surface area (Å²) in [5.74, 6) is 3.06. The standard InChI is InChI=1S/C16H20O3/c1-18-12-4-5-13-14(17)9-16(19-15(13)7-12)8-10-2-3-11(16)6-10/h4-5,7,10-11,14,17H,2-3,6,8-9H2,1H3. The van der Waals surface area contributed by atoms with Crippen molar-refractivity contribution in [2.24, 2.45) is 11.8 Å². The molecule has 1 N–H and O–H groups in total. The number of benzene rings is 1. The number of methoxy groups -OCH3 is 1. The average molecular weight is 260 g/mol. The van der Waals surface area contributed by atoms with Crippen molar-refractivity contribution in [1.29, 1.82) is 0 Å². The quantitative estimate of drug-likeness (QED) is 0.843. The van der Waals surface area contributed by atoms with E-state index in [1.165, 1.54) is 19.3 Å². The smallest absolute Gasteiger partial charge is 0.129 e. The maximum Gasteiger partial charge on any atom is 0.129 e. The molecular formula is C16H20O3. The largest absolute Gasteiger partial charge is 0.497 e. The number of aliphatic hydroxyl groups excluding tert-OH is 1. The van der Waals surface area contributed by atoms with E-state index in [0.29, 0.717) is 5.92 Å². The lowest BCUT2D eigenvalue weighted by Crippen LogP contribution is -2.45. The molecule has 1 heterocycles. The molecular weight excluding hydrogens is 240 g/mol. The van der Waals surface area contributed by atoms with Crippen molar-refractivity contribution in [2.75, 3.05) is 7.11 Å². The number of fused-ring (bicyclic) bond motifs is 4. The predicted molar refractivity (Wildman–Crippen MR) is 71.4 cm³/mol. The highest BCUT2D eigenvalue weighted by Crippen LogP contribution is 2.58. The molecule has 1 aromatic carbocycles. The van der Waals surface area contributed by atoms with Gasteiger partial charge in [-0.15, -0.1) is 0 Å². The summed E-state index contributed by atoms with van der Waals surface area (Å²) in [4.78, 5) is 0. The van der Waals surface area contributed by atoms with Crippen LogP contribution in [-0.4, -0.2) is 17.8 Å². The van der Waals surface area contributed by atoms with Crippen LogP contribution in [0.5, 0.6) is 11.5 Å². The van der Waals surface area contributed by atoms with Crippen molar-refractivity contribution >= 4 is 0 Å². The number of rotatable bonds is 1. The monoisotopic (exact) mass is 260 g/mol. The van der Waals surface area contributed by atoms with Gasteiger partial charge in [-0.1, -0.05) is 0 Å². The van der Waals surface area contributed by atoms with Crippen molar-refractivity contribution in [3.63, 3.8) is 0 Å². The lowest BCUT2D eigenvalue weighted by molar-refractivity contribution is -0.0510. The van der Waals surface area contributed by atoms with E-state index in [9.17, 15) is 5.11 Å². The van der Waals surface area contributed by atoms with Gasteiger partial charge in [0, 0.05) is 18.1 Å². The van der Waals surface area contributed by atoms with Crippen molar-refractivity contribution in [3.05, 3.63) is 23.8 Å². The molecule has 3 aliphatic rings. The van der Waals surface area contributed by atoms with E-state index in [0.717, 1.165) is 35.8 Å². The average Bonchev–Trinajstić information content (AvgIpc) is 2.98. The molecule has 4 unspecified atom stereocenters. The lowest BCUT2D eigenvalue weighted by Gasteiger charge is -2.43. The normalized spacial score (nSPS) is 39.2. The Kier molecular flexibility index (Phi) is 2.37. The third kappa shape index (κ3) is 1.61. The molecule has 2 bridgehead atoms. The van der Waals surface area contributed by atoms with Gasteiger partial charge in [0.05, 0.1) is 13.2 Å². The maximum absolute atomic E-state index is 10.5. The Hall–Kier alpha value is -1.22. The molecule has 0 radical (unpaired) electrons. The zero-order chi connectivity index (χ0) is 13.0. The number of hydrogen-bond acceptors (Lipinski definition) is 3. The third-order valence-corrected chi connectivity index (χ3v) is 5.35. The Morgan fingerprint density at radius 2 is 2.21 bits per heavy atom. The molecule has 4 atom stereocenters. The second-order valence-electron chi connectivity index (χ2n) is 6.37. The summed E-state index contributed by atoms with van der Waals surface area (Å²) in [6, 6.07) is 5.74. The highest BCUT2D eigenvalue weighted by Gasteiger charge is 2.55. The van der Waals surface area contributed by atoms with Gasteiger partial charge >= 0.3 is 0 Å². The highest BCUT2D eigenvalue weighted by atomic mass is 16.5. The zero-order valence-corrected chi connectivity index (χ0v) is 11.3. The first kappa shape index (κ1) is 11.6. The zero-order valence-electron chi connectivity index (χ0n) is 11.3. The maximum atomic E-state index is 10.5. The molecule has 19 heavy (non-hydrogen) atoms. The van der Waals surface area contributed by atoms with Gasteiger partial charge in [-0.05, 0) is 49.7 Å². The molecule has 2 aliphatic carbocycles. The molecule has 3 heteroatoms. The summed E-state index contributed by atoms with van der Waals surface area (Å²) in [5.41, 5.74) is 0.802. The molecule has 1 spiro atoms. The van der Waals surface area contributed by atoms with E-state index < -0.39 is 6.10 Å². The number of ether oxygens (including phenoxy) is 2. The van der Waals surface area contributed by atoms with Gasteiger partial charge in [0.25, 0.3) is 0 Å². The summed E-state index contributed by atoms with van der Waals surface area (Å²) < 4.78 is 11.7. The topological polar surface area (TPSA) is 38.7 Å². The molecule has 0 aromatic heterocycles. The van der Waals surface area contributed by atoms with Crippen molar-refractivity contribution < 1.29 is 14.6 Å². The third-order valence-electron chi connectivity index (χ3n) is 5.35. The first-order chi connectivity index (χ1) is 9.20. The van der Waals surface area contributed by atoms with Crippen LogP contribution in [0.1, 0.15) is 43.8 Å². The summed E-state index contributed by atoms with van der Waals surface area (Å²) in [6.45, 7) is 0. The molecule has 3 nitrogen and oxygen atoms in total. The van der Waals surface area contributed by atoms with Gasteiger partial charge < -0.3 is 14.6 Å². The van der Waals surface area contributed by atoms with Crippen LogP contribution in [0.2, 0.25) is 0 Å². The predicted octanol–water partition coefficient (Wildman–Crippen LogP) is 3.07. The van der Waals surface area contributed by atoms with Crippen LogP contribution >= 0.6 is 0 Å². The van der Waals surface area contributed by atoms with Crippen LogP contribution in [0.4, 0.5) is 0 Å². The first-order valence-corrected chi connectivity index (χ1v) is 7.25. The van der Waals surface area contributed by atoms with Crippen LogP contribution < -0.4 is 9.47 Å². The second-order valence-corrected chi connectivity index (χ2v) is 6.37. The minimum absolute atomic E-state index is 0.109. The molecule has 4 rings (SSSR count). The van der Waals surface area contributed by atoms with Crippen LogP contribution in [0, 0.1) is 11.8 Å². The fourth-order valence-electron chi connectivity index (χ4n) is 4.47. The lowest BCUT2D eigenvalue weighted by atomic mass is 9.77. The molecule has 102 valence electrons. The van der Waals surface area contributed by atoms with E-state index >= 15 is 0 Å². The molecule has 0 amide bonds. The minimum atomic E-state index is -0.394. The van der Waals surface area contributed by atoms with Gasteiger partial charge in [-0.2, -0.15) is 0 Å². The second kappa shape index (κ2) is 3.89. The summed E-state index contributed by atoms with van der Waals surface area (Å²) in [6.07, 6.45) is 5.37. The van der Waals surface area contributed by atoms with Gasteiger partial charge in [0.2, 0.25) is 0 Å². The SMILES string of the molecule is COc1ccc2c(c1)OC1(CC3CCC1C3)CC2O. The van der Waals surface area contributed by atoms with E-state index in [1.54, 1.807) is 7.11 Å². The van der Waals surface area contributed by atoms with E-state index in [4.69, 9.17) is 9.47 Å². The van der Waals surface area contributed by atoms with Crippen LogP contribution in [0.25, 0.3) is 0 Å². The van der Waals surface area contributed by atoms with Gasteiger partial charge in [-0.3, -0.25) is 0 Å². The molecule has 2 saturated carbocycles. The van der Waals surface area contributed by atoms with Crippen LogP contribution in [0.15, 0.2) is 18.2 Å². The van der Waals surface area contributed by atoms with Crippen molar-refractivity contribution in [2.45, 2.75) is 43.8 Å². The Bertz CT molecular complexity index is 513. The molecule has 2 fully saturated rings. The number of hydrogen-bond donors (Lipinski definition) is 1. The van der Waals surface area contributed by atoms with E-state index in [-0.39, 0.29) is 5.60 Å². The fourth-order valence-corrected chi connectivity index (χ4v) is 4.47. The highest BCUT2D eigenvalue weighted by molar-refractivity contribution is 5.44. The van der Waals surface area contributed by atoms with Gasteiger partial charge in [0.15, 0.2) is 0 Å². The minimum Gasteiger partial charge on any atom is -0.497 e. The Balaban J connectivity index is 1.73. The Morgan fingerprint density at radius 1 is 1.32 bits per heavy atom. The first-order valence-electron chi connectivity index (χ1n) is 7.25. The summed E-state index contributed by atoms with van der Waals surface area (Å²) in [5, 5.41) is 10.5. The summed E-state index contributed by atoms with van der Waals surface area (Å²) >= 11 is 0. The van der Waals surface area contributed by atoms with Crippen LogP contribution in [0.3, 0.4) is 0 Å². The van der Waals surface area contributed by atoms with E-state index in [1.807, 2.05) is 18.2 Å². The summed E-state index contributed by atoms with van der Waals surface area (Å²) in [7, 11) is 1.66. The van der Waals surface area contributed by atoms with Gasteiger partial charge in [-0.25, -0.2) is 0 Å². The van der Waals surface area contributed by atoms with Crippen molar-refractivity contribution in [3.8, 4) is 11.5 Å². The molecule has 1 aliphatic heterocycles. The molecule has 1 aromatic rings. The van der Waals surface area contributed by atoms with Crippen LogP contribution in [-0.2, 0) is 0 Å². The van der Waals surface area contributed by atoms with E-state index in [2.05, 4.69) is 0 Å². The Morgan fingerprint density at radius 3 is 2.89 bits per heavy atom. The van der Waals surface area contributed by atoms with Gasteiger partial charge in [0.1, 0.15) is 17.1 Å². The number of aliphatic hydroxyl groups is 1. The molecule has 0 saturated heterocycles. The fraction of sp³-hybridized carbons (Fsp3) is 0.625. The Labute approximate surface area is 113 Å². The van der Waals surface area contributed by atoms with Crippen molar-refractivity contribution in [1.82, 2.24) is 0 Å².